The first kappa shape index (κ1) is 25.2. The Morgan fingerprint density at radius 1 is 1.08 bits per heavy atom. The number of carbonyl (C=O) groups is 2. The average Bonchev–Trinajstić information content (AvgIpc) is 3.32. The molecule has 0 saturated heterocycles. The van der Waals surface area contributed by atoms with Gasteiger partial charge in [-0.1, -0.05) is 47.5 Å². The van der Waals surface area contributed by atoms with Crippen molar-refractivity contribution in [1.29, 1.82) is 0 Å². The zero-order valence-corrected chi connectivity index (χ0v) is 21.6. The summed E-state index contributed by atoms with van der Waals surface area (Å²) >= 11 is 12.7. The van der Waals surface area contributed by atoms with E-state index in [0.29, 0.717) is 38.0 Å². The summed E-state index contributed by atoms with van der Waals surface area (Å²) in [6.07, 6.45) is 1.40. The van der Waals surface area contributed by atoms with Crippen LogP contribution in [0.25, 0.3) is 11.1 Å². The lowest BCUT2D eigenvalue weighted by atomic mass is 9.95. The van der Waals surface area contributed by atoms with Crippen LogP contribution in [-0.4, -0.2) is 34.9 Å². The SMILES string of the molecule is COC(=O)c1ccnc(NC(=O)C2=C(C)NC(Nc3nc4c(Cl)cccc4o3)=NC2c2ccccc2Cl)c1. The third-order valence-corrected chi connectivity index (χ3v) is 6.35. The number of methoxy groups -OCH3 is 1. The number of nitrogens with one attached hydrogen (secondary N) is 3. The summed E-state index contributed by atoms with van der Waals surface area (Å²) in [6, 6.07) is 14.6. The van der Waals surface area contributed by atoms with Crippen molar-refractivity contribution in [3.63, 3.8) is 0 Å². The van der Waals surface area contributed by atoms with Gasteiger partial charge >= 0.3 is 12.0 Å². The third-order valence-electron chi connectivity index (χ3n) is 5.70. The number of hydrogen-bond acceptors (Lipinski definition) is 9. The molecule has 4 aromatic rings. The van der Waals surface area contributed by atoms with Crippen LogP contribution >= 0.6 is 23.2 Å². The van der Waals surface area contributed by atoms with Gasteiger partial charge < -0.3 is 19.8 Å². The van der Waals surface area contributed by atoms with Gasteiger partial charge in [0.15, 0.2) is 5.58 Å². The monoisotopic (exact) mass is 550 g/mol. The van der Waals surface area contributed by atoms with E-state index in [0.717, 1.165) is 0 Å². The van der Waals surface area contributed by atoms with E-state index in [9.17, 15) is 9.59 Å². The number of anilines is 2. The van der Waals surface area contributed by atoms with Crippen molar-refractivity contribution in [1.82, 2.24) is 15.3 Å². The molecule has 1 unspecified atom stereocenters. The number of para-hydroxylation sites is 1. The molecule has 0 fully saturated rings. The normalized spacial score (nSPS) is 15.1. The van der Waals surface area contributed by atoms with Gasteiger partial charge in [-0.05, 0) is 37.3 Å². The number of pyridine rings is 1. The number of nitrogens with zero attached hydrogens (tertiary/aromatic N) is 3. The third kappa shape index (κ3) is 5.04. The van der Waals surface area contributed by atoms with E-state index in [1.165, 1.54) is 25.4 Å². The Hall–Kier alpha value is -4.41. The van der Waals surface area contributed by atoms with Gasteiger partial charge in [0.1, 0.15) is 17.4 Å². The molecule has 1 aliphatic rings. The average molecular weight is 551 g/mol. The predicted molar refractivity (Wildman–Crippen MR) is 144 cm³/mol. The first-order valence-electron chi connectivity index (χ1n) is 11.3. The molecule has 0 spiro atoms. The van der Waals surface area contributed by atoms with Gasteiger partial charge in [0, 0.05) is 22.5 Å². The van der Waals surface area contributed by atoms with Crippen LogP contribution in [0.2, 0.25) is 10.0 Å². The van der Waals surface area contributed by atoms with Gasteiger partial charge in [-0.3, -0.25) is 10.1 Å². The second-order valence-corrected chi connectivity index (χ2v) is 8.99. The highest BCUT2D eigenvalue weighted by molar-refractivity contribution is 6.34. The van der Waals surface area contributed by atoms with Gasteiger partial charge in [0.05, 0.1) is 23.3 Å². The van der Waals surface area contributed by atoms with E-state index < -0.39 is 17.9 Å². The lowest BCUT2D eigenvalue weighted by Gasteiger charge is -2.26. The molecule has 1 amide bonds. The fraction of sp³-hybridized carbons (Fsp3) is 0.115. The molecule has 10 nitrogen and oxygen atoms in total. The summed E-state index contributed by atoms with van der Waals surface area (Å²) in [5, 5.41) is 9.71. The van der Waals surface area contributed by atoms with E-state index in [1.807, 2.05) is 0 Å². The molecule has 12 heteroatoms. The van der Waals surface area contributed by atoms with Crippen molar-refractivity contribution in [2.75, 3.05) is 17.7 Å². The minimum absolute atomic E-state index is 0.168. The standard InChI is InChI=1S/C26H20Cl2N6O4/c1-13-20(23(35)31-19-12-14(10-11-29-19)24(36)37-2)21(15-6-3-4-7-16(15)27)32-25(30-13)34-26-33-22-17(28)8-5-9-18(22)38-26/h3-12,21H,1-2H3,(H,29,31,35)(H2,30,32,33,34). The second-order valence-electron chi connectivity index (χ2n) is 8.17. The number of rotatable bonds is 5. The highest BCUT2D eigenvalue weighted by Gasteiger charge is 2.31. The van der Waals surface area contributed by atoms with Crippen LogP contribution in [0.4, 0.5) is 11.8 Å². The Balaban J connectivity index is 1.48. The summed E-state index contributed by atoms with van der Waals surface area (Å²) in [4.78, 5) is 38.6. The predicted octanol–water partition coefficient (Wildman–Crippen LogP) is 5.34. The number of fused-ring (bicyclic) bond motifs is 1. The minimum atomic E-state index is -0.788. The van der Waals surface area contributed by atoms with Crippen molar-refractivity contribution < 1.29 is 18.7 Å². The molecular formula is C26H20Cl2N6O4. The number of guanidine groups is 1. The Morgan fingerprint density at radius 3 is 2.63 bits per heavy atom. The smallest absolute Gasteiger partial charge is 0.338 e. The highest BCUT2D eigenvalue weighted by Crippen LogP contribution is 2.35. The molecule has 2 aromatic carbocycles. The van der Waals surface area contributed by atoms with Crippen LogP contribution in [0.3, 0.4) is 0 Å². The van der Waals surface area contributed by atoms with Crippen molar-refractivity contribution >= 4 is 64.0 Å². The number of esters is 1. The maximum Gasteiger partial charge on any atom is 0.338 e. The number of aromatic nitrogens is 2. The van der Waals surface area contributed by atoms with Crippen molar-refractivity contribution in [3.05, 3.63) is 93.2 Å². The van der Waals surface area contributed by atoms with Crippen LogP contribution < -0.4 is 16.0 Å². The summed E-state index contributed by atoms with van der Waals surface area (Å²) in [7, 11) is 1.27. The van der Waals surface area contributed by atoms with Crippen molar-refractivity contribution in [3.8, 4) is 0 Å². The number of allylic oxidation sites excluding steroid dienone is 1. The molecule has 3 N–H and O–H groups in total. The van der Waals surface area contributed by atoms with Crippen molar-refractivity contribution in [2.24, 2.45) is 4.99 Å². The second kappa shape index (κ2) is 10.5. The topological polar surface area (TPSA) is 131 Å². The van der Waals surface area contributed by atoms with Gasteiger partial charge in [0.2, 0.25) is 5.96 Å². The largest absolute Gasteiger partial charge is 0.465 e. The van der Waals surface area contributed by atoms with E-state index in [2.05, 4.69) is 25.9 Å². The van der Waals surface area contributed by atoms with Gasteiger partial charge in [-0.25, -0.2) is 14.8 Å². The fourth-order valence-corrected chi connectivity index (χ4v) is 4.40. The molecule has 1 aliphatic heterocycles. The minimum Gasteiger partial charge on any atom is -0.465 e. The summed E-state index contributed by atoms with van der Waals surface area (Å²) < 4.78 is 10.5. The summed E-state index contributed by atoms with van der Waals surface area (Å²) in [6.45, 7) is 1.73. The number of hydrogen-bond donors (Lipinski definition) is 3. The molecule has 38 heavy (non-hydrogen) atoms. The number of halogens is 2. The van der Waals surface area contributed by atoms with E-state index >= 15 is 0 Å². The van der Waals surface area contributed by atoms with Gasteiger partial charge in [-0.15, -0.1) is 0 Å². The van der Waals surface area contributed by atoms with E-state index in [-0.39, 0.29) is 23.4 Å². The van der Waals surface area contributed by atoms with E-state index in [4.69, 9.17) is 37.3 Å². The Bertz CT molecular complexity index is 1630. The van der Waals surface area contributed by atoms with Crippen molar-refractivity contribution in [2.45, 2.75) is 13.0 Å². The number of amides is 1. The quantitative estimate of drug-likeness (QED) is 0.284. The Morgan fingerprint density at radius 2 is 1.87 bits per heavy atom. The zero-order chi connectivity index (χ0) is 26.8. The lowest BCUT2D eigenvalue weighted by molar-refractivity contribution is -0.113. The van der Waals surface area contributed by atoms with Gasteiger partial charge in [-0.2, -0.15) is 4.98 Å². The molecule has 0 bridgehead atoms. The lowest BCUT2D eigenvalue weighted by Crippen LogP contribution is -2.37. The summed E-state index contributed by atoms with van der Waals surface area (Å²) in [5.74, 6) is -0.567. The van der Waals surface area contributed by atoms with E-state index in [1.54, 1.807) is 49.4 Å². The Labute approximate surface area is 226 Å². The molecule has 3 heterocycles. The number of aliphatic imine (C=N–C) groups is 1. The maximum absolute atomic E-state index is 13.5. The molecule has 5 rings (SSSR count). The molecule has 0 saturated carbocycles. The molecule has 2 aromatic heterocycles. The first-order valence-corrected chi connectivity index (χ1v) is 12.1. The first-order chi connectivity index (χ1) is 18.3. The van der Waals surface area contributed by atoms with Gasteiger partial charge in [0.25, 0.3) is 5.91 Å². The fourth-order valence-electron chi connectivity index (χ4n) is 3.95. The van der Waals surface area contributed by atoms with Crippen LogP contribution in [-0.2, 0) is 9.53 Å². The maximum atomic E-state index is 13.5. The highest BCUT2D eigenvalue weighted by atomic mass is 35.5. The molecular weight excluding hydrogens is 531 g/mol. The molecule has 0 aliphatic carbocycles. The van der Waals surface area contributed by atoms with Crippen LogP contribution in [0.1, 0.15) is 28.9 Å². The number of benzene rings is 2. The molecule has 192 valence electrons. The van der Waals surface area contributed by atoms with Crippen LogP contribution in [0.15, 0.2) is 81.5 Å². The zero-order valence-electron chi connectivity index (χ0n) is 20.1. The number of carbonyl (C=O) groups excluding carboxylic acids is 2. The van der Waals surface area contributed by atoms with Crippen LogP contribution in [0.5, 0.6) is 0 Å². The number of ether oxygens (including phenoxy) is 1. The number of oxazole rings is 1. The van der Waals surface area contributed by atoms with Crippen LogP contribution in [0, 0.1) is 0 Å². The molecule has 1 atom stereocenters. The molecule has 0 radical (unpaired) electrons. The summed E-state index contributed by atoms with van der Waals surface area (Å²) in [5.41, 5.74) is 2.67. The Kier molecular flexibility index (Phi) is 6.99.